The number of para-hydroxylation sites is 1. The number of nitrogens with one attached hydrogen (secondary N) is 1. The van der Waals surface area contributed by atoms with Crippen molar-refractivity contribution in [2.45, 2.75) is 26.3 Å². The van der Waals surface area contributed by atoms with Gasteiger partial charge in [0.25, 0.3) is 5.69 Å². The van der Waals surface area contributed by atoms with Gasteiger partial charge in [0.2, 0.25) is 0 Å². The molecule has 0 aromatic heterocycles. The van der Waals surface area contributed by atoms with E-state index in [1.54, 1.807) is 12.1 Å². The molecule has 0 aliphatic rings. The number of benzene rings is 1. The molecular formula is C11H16N2O2. The van der Waals surface area contributed by atoms with Crippen LogP contribution in [0.1, 0.15) is 19.4 Å². The van der Waals surface area contributed by atoms with Crippen LogP contribution in [0.4, 0.5) is 5.69 Å². The standard InChI is InChI=1S/C11H16N2O2/c1-3-12-9(2)8-10-6-4-5-7-11(10)13(14)15/h4-7,9,12H,3,8H2,1-2H3. The van der Waals surface area contributed by atoms with Crippen LogP contribution in [-0.4, -0.2) is 17.5 Å². The minimum Gasteiger partial charge on any atom is -0.314 e. The van der Waals surface area contributed by atoms with Crippen molar-refractivity contribution in [3.63, 3.8) is 0 Å². The second-order valence-corrected chi connectivity index (χ2v) is 3.55. The third-order valence-corrected chi connectivity index (χ3v) is 2.27. The smallest absolute Gasteiger partial charge is 0.272 e. The van der Waals surface area contributed by atoms with Crippen LogP contribution in [0.2, 0.25) is 0 Å². The van der Waals surface area contributed by atoms with E-state index < -0.39 is 0 Å². The number of nitrogens with zero attached hydrogens (tertiary/aromatic N) is 1. The fourth-order valence-electron chi connectivity index (χ4n) is 1.61. The minimum absolute atomic E-state index is 0.210. The average molecular weight is 208 g/mol. The number of hydrogen-bond donors (Lipinski definition) is 1. The third kappa shape index (κ3) is 3.32. The fraction of sp³-hybridized carbons (Fsp3) is 0.455. The summed E-state index contributed by atoms with van der Waals surface area (Å²) in [7, 11) is 0. The molecule has 0 heterocycles. The van der Waals surface area contributed by atoms with E-state index in [0.29, 0.717) is 6.42 Å². The molecule has 1 aromatic rings. The van der Waals surface area contributed by atoms with E-state index in [1.807, 2.05) is 26.0 Å². The van der Waals surface area contributed by atoms with Crippen molar-refractivity contribution in [2.24, 2.45) is 0 Å². The third-order valence-electron chi connectivity index (χ3n) is 2.27. The molecule has 0 fully saturated rings. The molecule has 0 amide bonds. The lowest BCUT2D eigenvalue weighted by Gasteiger charge is -2.11. The molecule has 1 aromatic carbocycles. The highest BCUT2D eigenvalue weighted by Gasteiger charge is 2.13. The van der Waals surface area contributed by atoms with Crippen LogP contribution in [0.25, 0.3) is 0 Å². The Morgan fingerprint density at radius 1 is 1.47 bits per heavy atom. The lowest BCUT2D eigenvalue weighted by atomic mass is 10.1. The number of hydrogen-bond acceptors (Lipinski definition) is 3. The molecule has 4 nitrogen and oxygen atoms in total. The molecular weight excluding hydrogens is 192 g/mol. The van der Waals surface area contributed by atoms with Crippen molar-refractivity contribution >= 4 is 5.69 Å². The minimum atomic E-state index is -0.325. The summed E-state index contributed by atoms with van der Waals surface area (Å²) in [6.07, 6.45) is 0.686. The van der Waals surface area contributed by atoms with Gasteiger partial charge in [0.1, 0.15) is 0 Å². The Balaban J connectivity index is 2.79. The van der Waals surface area contributed by atoms with E-state index >= 15 is 0 Å². The number of likely N-dealkylation sites (N-methyl/N-ethyl adjacent to an activating group) is 1. The van der Waals surface area contributed by atoms with Crippen molar-refractivity contribution in [3.05, 3.63) is 39.9 Å². The molecule has 0 bridgehead atoms. The SMILES string of the molecule is CCNC(C)Cc1ccccc1[N+](=O)[O-]. The Kier molecular flexibility index (Phi) is 4.24. The summed E-state index contributed by atoms with van der Waals surface area (Å²) in [5.41, 5.74) is 0.998. The molecule has 82 valence electrons. The lowest BCUT2D eigenvalue weighted by molar-refractivity contribution is -0.385. The zero-order chi connectivity index (χ0) is 11.3. The highest BCUT2D eigenvalue weighted by molar-refractivity contribution is 5.40. The molecule has 1 N–H and O–H groups in total. The molecule has 1 unspecified atom stereocenters. The topological polar surface area (TPSA) is 55.2 Å². The van der Waals surface area contributed by atoms with E-state index in [2.05, 4.69) is 5.32 Å². The second-order valence-electron chi connectivity index (χ2n) is 3.55. The van der Waals surface area contributed by atoms with E-state index in [0.717, 1.165) is 12.1 Å². The molecule has 0 saturated heterocycles. The van der Waals surface area contributed by atoms with Crippen molar-refractivity contribution in [1.29, 1.82) is 0 Å². The Bertz CT molecular complexity index is 339. The van der Waals surface area contributed by atoms with E-state index in [-0.39, 0.29) is 16.7 Å². The van der Waals surface area contributed by atoms with Gasteiger partial charge in [-0.2, -0.15) is 0 Å². The zero-order valence-electron chi connectivity index (χ0n) is 9.06. The van der Waals surface area contributed by atoms with Crippen LogP contribution in [0.15, 0.2) is 24.3 Å². The summed E-state index contributed by atoms with van der Waals surface area (Å²) in [6, 6.07) is 7.15. The van der Waals surface area contributed by atoms with Gasteiger partial charge in [-0.3, -0.25) is 10.1 Å². The molecule has 0 aliphatic heterocycles. The number of nitro groups is 1. The predicted molar refractivity (Wildman–Crippen MR) is 59.9 cm³/mol. The summed E-state index contributed by atoms with van der Waals surface area (Å²) in [6.45, 7) is 4.93. The molecule has 0 spiro atoms. The maximum atomic E-state index is 10.7. The van der Waals surface area contributed by atoms with Crippen LogP contribution >= 0.6 is 0 Å². The van der Waals surface area contributed by atoms with Crippen LogP contribution in [0, 0.1) is 10.1 Å². The first-order chi connectivity index (χ1) is 7.15. The van der Waals surface area contributed by atoms with Crippen LogP contribution in [0.3, 0.4) is 0 Å². The van der Waals surface area contributed by atoms with E-state index in [9.17, 15) is 10.1 Å². The van der Waals surface area contributed by atoms with E-state index in [1.165, 1.54) is 0 Å². The first-order valence-electron chi connectivity index (χ1n) is 5.10. The van der Waals surface area contributed by atoms with E-state index in [4.69, 9.17) is 0 Å². The molecule has 1 atom stereocenters. The van der Waals surface area contributed by atoms with Gasteiger partial charge < -0.3 is 5.32 Å². The number of nitro benzene ring substituents is 1. The number of rotatable bonds is 5. The fourth-order valence-corrected chi connectivity index (χ4v) is 1.61. The average Bonchev–Trinajstić information content (AvgIpc) is 2.18. The van der Waals surface area contributed by atoms with Gasteiger partial charge in [-0.25, -0.2) is 0 Å². The summed E-state index contributed by atoms with van der Waals surface area (Å²) < 4.78 is 0. The first-order valence-corrected chi connectivity index (χ1v) is 5.10. The molecule has 4 heteroatoms. The second kappa shape index (κ2) is 5.46. The van der Waals surface area contributed by atoms with Gasteiger partial charge in [-0.05, 0) is 19.9 Å². The van der Waals surface area contributed by atoms with Crippen LogP contribution in [-0.2, 0) is 6.42 Å². The normalized spacial score (nSPS) is 12.4. The highest BCUT2D eigenvalue weighted by atomic mass is 16.6. The Hall–Kier alpha value is -1.42. The predicted octanol–water partition coefficient (Wildman–Crippen LogP) is 2.14. The molecule has 0 saturated carbocycles. The lowest BCUT2D eigenvalue weighted by Crippen LogP contribution is -2.27. The first kappa shape index (κ1) is 11.7. The van der Waals surface area contributed by atoms with Gasteiger partial charge in [0.05, 0.1) is 4.92 Å². The molecule has 0 aliphatic carbocycles. The Morgan fingerprint density at radius 2 is 2.13 bits per heavy atom. The maximum Gasteiger partial charge on any atom is 0.272 e. The molecule has 15 heavy (non-hydrogen) atoms. The van der Waals surface area contributed by atoms with Crippen molar-refractivity contribution in [1.82, 2.24) is 5.32 Å². The molecule has 1 rings (SSSR count). The molecule has 0 radical (unpaired) electrons. The largest absolute Gasteiger partial charge is 0.314 e. The zero-order valence-corrected chi connectivity index (χ0v) is 9.06. The summed E-state index contributed by atoms with van der Waals surface area (Å²) in [5, 5.41) is 14.0. The Labute approximate surface area is 89.5 Å². The van der Waals surface area contributed by atoms with Crippen LogP contribution < -0.4 is 5.32 Å². The maximum absolute atomic E-state index is 10.7. The van der Waals surface area contributed by atoms with Gasteiger partial charge in [-0.15, -0.1) is 0 Å². The summed E-state index contributed by atoms with van der Waals surface area (Å²) in [5.74, 6) is 0. The van der Waals surface area contributed by atoms with Crippen molar-refractivity contribution < 1.29 is 4.92 Å². The van der Waals surface area contributed by atoms with Gasteiger partial charge in [0.15, 0.2) is 0 Å². The van der Waals surface area contributed by atoms with Gasteiger partial charge in [0, 0.05) is 17.7 Å². The summed E-state index contributed by atoms with van der Waals surface area (Å²) in [4.78, 5) is 10.4. The van der Waals surface area contributed by atoms with Crippen molar-refractivity contribution in [2.75, 3.05) is 6.54 Å². The van der Waals surface area contributed by atoms with Crippen molar-refractivity contribution in [3.8, 4) is 0 Å². The summed E-state index contributed by atoms with van der Waals surface area (Å²) >= 11 is 0. The Morgan fingerprint density at radius 3 is 2.73 bits per heavy atom. The monoisotopic (exact) mass is 208 g/mol. The highest BCUT2D eigenvalue weighted by Crippen LogP contribution is 2.18. The van der Waals surface area contributed by atoms with Crippen LogP contribution in [0.5, 0.6) is 0 Å². The van der Waals surface area contributed by atoms with Gasteiger partial charge in [-0.1, -0.05) is 25.1 Å². The quantitative estimate of drug-likeness (QED) is 0.595. The van der Waals surface area contributed by atoms with Gasteiger partial charge >= 0.3 is 0 Å².